The van der Waals surface area contributed by atoms with Crippen molar-refractivity contribution in [2.24, 2.45) is 0 Å². The van der Waals surface area contributed by atoms with E-state index in [1.54, 1.807) is 12.3 Å². The van der Waals surface area contributed by atoms with Gasteiger partial charge in [0.25, 0.3) is 0 Å². The van der Waals surface area contributed by atoms with Gasteiger partial charge in [-0.3, -0.25) is 9.88 Å². The molecule has 5 heteroatoms. The monoisotopic (exact) mass is 249 g/mol. The first kappa shape index (κ1) is 13.0. The number of piperazine rings is 1. The highest BCUT2D eigenvalue weighted by atomic mass is 16.5. The van der Waals surface area contributed by atoms with Crippen LogP contribution in [0.1, 0.15) is 23.0 Å². The van der Waals surface area contributed by atoms with Crippen LogP contribution in [0.5, 0.6) is 0 Å². The quantitative estimate of drug-likeness (QED) is 0.798. The lowest BCUT2D eigenvalue weighted by Gasteiger charge is -2.31. The maximum atomic E-state index is 11.3. The van der Waals surface area contributed by atoms with Crippen molar-refractivity contribution >= 4 is 5.97 Å². The highest BCUT2D eigenvalue weighted by Crippen LogP contribution is 2.07. The predicted octanol–water partition coefficient (Wildman–Crippen LogP) is 0.662. The first-order valence-corrected chi connectivity index (χ1v) is 6.18. The van der Waals surface area contributed by atoms with E-state index >= 15 is 0 Å². The Morgan fingerprint density at radius 1 is 1.61 bits per heavy atom. The molecule has 1 aliphatic heterocycles. The fraction of sp³-hybridized carbons (Fsp3) is 0.538. The van der Waals surface area contributed by atoms with Gasteiger partial charge in [0.1, 0.15) is 0 Å². The summed E-state index contributed by atoms with van der Waals surface area (Å²) >= 11 is 0. The van der Waals surface area contributed by atoms with E-state index in [2.05, 4.69) is 26.9 Å². The molecule has 5 nitrogen and oxygen atoms in total. The lowest BCUT2D eigenvalue weighted by atomic mass is 10.2. The number of nitrogens with one attached hydrogen (secondary N) is 1. The van der Waals surface area contributed by atoms with Gasteiger partial charge in [-0.1, -0.05) is 0 Å². The van der Waals surface area contributed by atoms with Crippen LogP contribution >= 0.6 is 0 Å². The van der Waals surface area contributed by atoms with Crippen LogP contribution in [0.3, 0.4) is 0 Å². The summed E-state index contributed by atoms with van der Waals surface area (Å²) < 4.78 is 4.64. The number of aromatic nitrogens is 1. The number of carbonyl (C=O) groups excluding carboxylic acids is 1. The number of hydrogen-bond acceptors (Lipinski definition) is 5. The molecule has 0 aromatic carbocycles. The molecule has 1 unspecified atom stereocenters. The number of carbonyl (C=O) groups is 1. The van der Waals surface area contributed by atoms with Crippen LogP contribution in [0.2, 0.25) is 0 Å². The fourth-order valence-corrected chi connectivity index (χ4v) is 2.14. The van der Waals surface area contributed by atoms with Crippen LogP contribution in [0.15, 0.2) is 18.3 Å². The van der Waals surface area contributed by atoms with E-state index < -0.39 is 0 Å². The van der Waals surface area contributed by atoms with E-state index in [-0.39, 0.29) is 5.97 Å². The van der Waals surface area contributed by atoms with E-state index in [1.807, 2.05) is 6.07 Å². The van der Waals surface area contributed by atoms with E-state index in [0.29, 0.717) is 11.6 Å². The minimum atomic E-state index is -0.343. The predicted molar refractivity (Wildman–Crippen MR) is 68.3 cm³/mol. The number of esters is 1. The van der Waals surface area contributed by atoms with Crippen molar-refractivity contribution in [3.63, 3.8) is 0 Å². The molecule has 0 aliphatic carbocycles. The van der Waals surface area contributed by atoms with Gasteiger partial charge in [-0.25, -0.2) is 4.79 Å². The Balaban J connectivity index is 1.95. The Morgan fingerprint density at radius 3 is 3.06 bits per heavy atom. The molecule has 1 N–H and O–H groups in total. The van der Waals surface area contributed by atoms with E-state index in [0.717, 1.165) is 31.9 Å². The molecule has 1 aromatic heterocycles. The van der Waals surface area contributed by atoms with Crippen LogP contribution in [-0.2, 0) is 11.3 Å². The van der Waals surface area contributed by atoms with Gasteiger partial charge in [-0.2, -0.15) is 0 Å². The van der Waals surface area contributed by atoms with Crippen LogP contribution in [0.4, 0.5) is 0 Å². The SMILES string of the molecule is COC(=O)c1ccc(CN2CCNC(C)C2)nc1. The molecule has 0 amide bonds. The molecule has 2 heterocycles. The highest BCUT2D eigenvalue weighted by molar-refractivity contribution is 5.88. The largest absolute Gasteiger partial charge is 0.465 e. The van der Waals surface area contributed by atoms with Crippen molar-refractivity contribution in [2.45, 2.75) is 19.5 Å². The van der Waals surface area contributed by atoms with Gasteiger partial charge >= 0.3 is 5.97 Å². The van der Waals surface area contributed by atoms with Crippen molar-refractivity contribution in [1.82, 2.24) is 15.2 Å². The van der Waals surface area contributed by atoms with Gasteiger partial charge in [0.05, 0.1) is 18.4 Å². The summed E-state index contributed by atoms with van der Waals surface area (Å²) in [7, 11) is 1.37. The lowest BCUT2D eigenvalue weighted by Crippen LogP contribution is -2.48. The first-order chi connectivity index (χ1) is 8.69. The van der Waals surface area contributed by atoms with Crippen molar-refractivity contribution in [2.75, 3.05) is 26.7 Å². The zero-order valence-electron chi connectivity index (χ0n) is 10.8. The summed E-state index contributed by atoms with van der Waals surface area (Å²) in [4.78, 5) is 17.9. The fourth-order valence-electron chi connectivity index (χ4n) is 2.14. The molecule has 2 rings (SSSR count). The van der Waals surface area contributed by atoms with Crippen molar-refractivity contribution in [1.29, 1.82) is 0 Å². The molecule has 1 fully saturated rings. The van der Waals surface area contributed by atoms with Crippen LogP contribution < -0.4 is 5.32 Å². The molecule has 98 valence electrons. The second-order valence-electron chi connectivity index (χ2n) is 4.62. The molecule has 0 saturated carbocycles. The average molecular weight is 249 g/mol. The summed E-state index contributed by atoms with van der Waals surface area (Å²) in [5.74, 6) is -0.343. The van der Waals surface area contributed by atoms with Crippen molar-refractivity contribution in [3.05, 3.63) is 29.6 Å². The van der Waals surface area contributed by atoms with Gasteiger partial charge < -0.3 is 10.1 Å². The molecule has 1 aromatic rings. The normalized spacial score (nSPS) is 20.7. The summed E-state index contributed by atoms with van der Waals surface area (Å²) in [5.41, 5.74) is 1.48. The lowest BCUT2D eigenvalue weighted by molar-refractivity contribution is 0.0600. The Hall–Kier alpha value is -1.46. The number of nitrogens with zero attached hydrogens (tertiary/aromatic N) is 2. The second kappa shape index (κ2) is 5.93. The topological polar surface area (TPSA) is 54.5 Å². The summed E-state index contributed by atoms with van der Waals surface area (Å²) in [6, 6.07) is 4.17. The Labute approximate surface area is 107 Å². The minimum absolute atomic E-state index is 0.343. The standard InChI is InChI=1S/C13H19N3O2/c1-10-8-16(6-5-14-10)9-12-4-3-11(7-15-12)13(17)18-2/h3-4,7,10,14H,5-6,8-9H2,1-2H3. The molecule has 0 radical (unpaired) electrons. The number of hydrogen-bond donors (Lipinski definition) is 1. The molecule has 0 bridgehead atoms. The molecule has 1 aliphatic rings. The maximum absolute atomic E-state index is 11.3. The van der Waals surface area contributed by atoms with Crippen molar-refractivity contribution < 1.29 is 9.53 Å². The van der Waals surface area contributed by atoms with Gasteiger partial charge in [-0.05, 0) is 19.1 Å². The highest BCUT2D eigenvalue weighted by Gasteiger charge is 2.16. The smallest absolute Gasteiger partial charge is 0.339 e. The van der Waals surface area contributed by atoms with E-state index in [4.69, 9.17) is 0 Å². The minimum Gasteiger partial charge on any atom is -0.465 e. The van der Waals surface area contributed by atoms with Gasteiger partial charge in [0.2, 0.25) is 0 Å². The zero-order chi connectivity index (χ0) is 13.0. The van der Waals surface area contributed by atoms with Gasteiger partial charge in [0.15, 0.2) is 0 Å². The maximum Gasteiger partial charge on any atom is 0.339 e. The first-order valence-electron chi connectivity index (χ1n) is 6.18. The number of methoxy groups -OCH3 is 1. The summed E-state index contributed by atoms with van der Waals surface area (Å²) in [6.45, 7) is 6.08. The number of ether oxygens (including phenoxy) is 1. The molecule has 1 atom stereocenters. The second-order valence-corrected chi connectivity index (χ2v) is 4.62. The van der Waals surface area contributed by atoms with Crippen LogP contribution in [0, 0.1) is 0 Å². The molecule has 1 saturated heterocycles. The summed E-state index contributed by atoms with van der Waals surface area (Å²) in [5, 5.41) is 3.41. The van der Waals surface area contributed by atoms with Crippen molar-refractivity contribution in [3.8, 4) is 0 Å². The molecular formula is C13H19N3O2. The van der Waals surface area contributed by atoms with Crippen LogP contribution in [0.25, 0.3) is 0 Å². The van der Waals surface area contributed by atoms with E-state index in [9.17, 15) is 4.79 Å². The Bertz CT molecular complexity index is 405. The Morgan fingerprint density at radius 2 is 2.44 bits per heavy atom. The Kier molecular flexibility index (Phi) is 4.28. The van der Waals surface area contributed by atoms with Gasteiger partial charge in [0, 0.05) is 38.4 Å². The number of rotatable bonds is 3. The average Bonchev–Trinajstić information content (AvgIpc) is 2.39. The third kappa shape index (κ3) is 3.27. The van der Waals surface area contributed by atoms with E-state index in [1.165, 1.54) is 7.11 Å². The molecule has 18 heavy (non-hydrogen) atoms. The van der Waals surface area contributed by atoms with Gasteiger partial charge in [-0.15, -0.1) is 0 Å². The molecule has 0 spiro atoms. The zero-order valence-corrected chi connectivity index (χ0v) is 10.8. The third-order valence-corrected chi connectivity index (χ3v) is 3.08. The number of pyridine rings is 1. The summed E-state index contributed by atoms with van der Waals surface area (Å²) in [6.07, 6.45) is 1.58. The third-order valence-electron chi connectivity index (χ3n) is 3.08. The van der Waals surface area contributed by atoms with Crippen LogP contribution in [-0.4, -0.2) is 48.6 Å². The molecular weight excluding hydrogens is 230 g/mol.